The number of nitrogens with zero attached hydrogens (tertiary/aromatic N) is 3. The van der Waals surface area contributed by atoms with E-state index < -0.39 is 0 Å². The van der Waals surface area contributed by atoms with E-state index in [0.717, 1.165) is 0 Å². The Balaban J connectivity index is 1.69. The van der Waals surface area contributed by atoms with Gasteiger partial charge in [-0.3, -0.25) is 9.59 Å². The number of ether oxygens (including phenoxy) is 1. The van der Waals surface area contributed by atoms with Crippen LogP contribution in [0.25, 0.3) is 0 Å². The quantitative estimate of drug-likeness (QED) is 0.881. The lowest BCUT2D eigenvalue weighted by molar-refractivity contribution is -0.138. The zero-order valence-corrected chi connectivity index (χ0v) is 13.7. The summed E-state index contributed by atoms with van der Waals surface area (Å²) < 4.78 is 12.0. The summed E-state index contributed by atoms with van der Waals surface area (Å²) in [5.41, 5.74) is 0.337. The van der Waals surface area contributed by atoms with Crippen LogP contribution in [-0.2, 0) is 22.6 Å². The summed E-state index contributed by atoms with van der Waals surface area (Å²) in [4.78, 5) is 30.4. The Morgan fingerprint density at radius 3 is 3.00 bits per heavy atom. The van der Waals surface area contributed by atoms with Gasteiger partial charge in [0.15, 0.2) is 0 Å². The van der Waals surface area contributed by atoms with Crippen molar-refractivity contribution in [3.8, 4) is 0 Å². The van der Waals surface area contributed by atoms with Crippen LogP contribution in [0, 0.1) is 0 Å². The fourth-order valence-corrected chi connectivity index (χ4v) is 2.82. The van der Waals surface area contributed by atoms with Crippen LogP contribution in [0.15, 0.2) is 29.0 Å². The molecule has 2 aromatic heterocycles. The van der Waals surface area contributed by atoms with E-state index in [0.29, 0.717) is 36.9 Å². The van der Waals surface area contributed by atoms with Crippen molar-refractivity contribution in [2.24, 2.45) is 0 Å². The maximum atomic E-state index is 12.3. The van der Waals surface area contributed by atoms with E-state index in [1.54, 1.807) is 29.5 Å². The van der Waals surface area contributed by atoms with Crippen molar-refractivity contribution in [3.05, 3.63) is 41.9 Å². The molecule has 0 aromatic carbocycles. The van der Waals surface area contributed by atoms with Gasteiger partial charge in [-0.1, -0.05) is 0 Å². The molecule has 2 amide bonds. The Bertz CT molecular complexity index is 723. The highest BCUT2D eigenvalue weighted by molar-refractivity contribution is 5.92. The third kappa shape index (κ3) is 3.18. The lowest BCUT2D eigenvalue weighted by Crippen LogP contribution is -2.42. The molecule has 0 saturated heterocycles. The Morgan fingerprint density at radius 2 is 2.29 bits per heavy atom. The van der Waals surface area contributed by atoms with Gasteiger partial charge < -0.3 is 23.9 Å². The Labute approximate surface area is 139 Å². The summed E-state index contributed by atoms with van der Waals surface area (Å²) in [7, 11) is 1.49. The molecule has 3 heterocycles. The Morgan fingerprint density at radius 1 is 1.46 bits per heavy atom. The summed E-state index contributed by atoms with van der Waals surface area (Å²) in [6.45, 7) is 3.42. The van der Waals surface area contributed by atoms with Gasteiger partial charge >= 0.3 is 0 Å². The van der Waals surface area contributed by atoms with E-state index >= 15 is 0 Å². The molecule has 0 unspecified atom stereocenters. The van der Waals surface area contributed by atoms with Gasteiger partial charge in [-0.25, -0.2) is 4.98 Å². The number of hydrogen-bond donors (Lipinski definition) is 1. The van der Waals surface area contributed by atoms with Crippen molar-refractivity contribution < 1.29 is 18.7 Å². The van der Waals surface area contributed by atoms with Crippen molar-refractivity contribution in [2.75, 3.05) is 20.3 Å². The summed E-state index contributed by atoms with van der Waals surface area (Å²) >= 11 is 0. The molecule has 0 fully saturated rings. The van der Waals surface area contributed by atoms with E-state index in [1.807, 2.05) is 11.5 Å². The number of fused-ring (bicyclic) bond motifs is 1. The van der Waals surface area contributed by atoms with Crippen LogP contribution >= 0.6 is 0 Å². The Kier molecular flexibility index (Phi) is 4.66. The molecule has 8 heteroatoms. The number of hydrogen-bond acceptors (Lipinski definition) is 5. The molecule has 3 rings (SSSR count). The number of carbonyl (C=O) groups excluding carboxylic acids is 2. The first kappa shape index (κ1) is 16.3. The van der Waals surface area contributed by atoms with Gasteiger partial charge in [-0.2, -0.15) is 0 Å². The molecule has 0 saturated carbocycles. The second-order valence-corrected chi connectivity index (χ2v) is 5.64. The minimum Gasteiger partial charge on any atom is -0.467 e. The molecular formula is C16H20N4O4. The number of nitrogens with one attached hydrogen (secondary N) is 1. The maximum Gasteiger partial charge on any atom is 0.271 e. The van der Waals surface area contributed by atoms with Gasteiger partial charge in [0.2, 0.25) is 5.91 Å². The third-order valence-electron chi connectivity index (χ3n) is 4.05. The van der Waals surface area contributed by atoms with Crippen molar-refractivity contribution in [1.82, 2.24) is 19.8 Å². The standard InChI is InChI=1S/C16H20N4O4/c1-11-15-18-13(16(22)17-8-12-4-3-7-24-12)9-19(15)5-6-20(11)14(21)10-23-2/h3-4,7,9,11H,5-6,8,10H2,1-2H3,(H,17,22)/t11-/m1/s1. The highest BCUT2D eigenvalue weighted by Gasteiger charge is 2.30. The number of aromatic nitrogens is 2. The monoisotopic (exact) mass is 332 g/mol. The SMILES string of the molecule is COCC(=O)N1CCn2cc(C(=O)NCc3ccco3)nc2[C@H]1C. The molecule has 128 valence electrons. The van der Waals surface area contributed by atoms with E-state index in [4.69, 9.17) is 9.15 Å². The summed E-state index contributed by atoms with van der Waals surface area (Å²) in [5, 5.41) is 2.77. The number of methoxy groups -OCH3 is 1. The van der Waals surface area contributed by atoms with Gasteiger partial charge in [0.25, 0.3) is 5.91 Å². The van der Waals surface area contributed by atoms with E-state index in [2.05, 4.69) is 10.3 Å². The second kappa shape index (κ2) is 6.88. The first-order chi connectivity index (χ1) is 11.6. The molecule has 0 aliphatic carbocycles. The van der Waals surface area contributed by atoms with E-state index in [9.17, 15) is 9.59 Å². The van der Waals surface area contributed by atoms with Crippen molar-refractivity contribution in [1.29, 1.82) is 0 Å². The maximum absolute atomic E-state index is 12.3. The van der Waals surface area contributed by atoms with Crippen molar-refractivity contribution in [3.63, 3.8) is 0 Å². The van der Waals surface area contributed by atoms with Gasteiger partial charge in [0, 0.05) is 26.4 Å². The van der Waals surface area contributed by atoms with Gasteiger partial charge in [-0.15, -0.1) is 0 Å². The summed E-state index contributed by atoms with van der Waals surface area (Å²) in [6, 6.07) is 3.36. The van der Waals surface area contributed by atoms with Crippen LogP contribution in [0.3, 0.4) is 0 Å². The fourth-order valence-electron chi connectivity index (χ4n) is 2.82. The number of furan rings is 1. The topological polar surface area (TPSA) is 89.6 Å². The van der Waals surface area contributed by atoms with Gasteiger partial charge in [-0.05, 0) is 19.1 Å². The lowest BCUT2D eigenvalue weighted by atomic mass is 10.2. The van der Waals surface area contributed by atoms with Crippen molar-refractivity contribution >= 4 is 11.8 Å². The molecule has 1 N–H and O–H groups in total. The second-order valence-electron chi connectivity index (χ2n) is 5.64. The highest BCUT2D eigenvalue weighted by atomic mass is 16.5. The summed E-state index contributed by atoms with van der Waals surface area (Å²) in [5.74, 6) is 1.03. The normalized spacial score (nSPS) is 16.8. The number of imidazole rings is 1. The third-order valence-corrected chi connectivity index (χ3v) is 4.05. The van der Waals surface area contributed by atoms with Crippen LogP contribution < -0.4 is 5.32 Å². The molecular weight excluding hydrogens is 312 g/mol. The molecule has 2 aromatic rings. The molecule has 24 heavy (non-hydrogen) atoms. The molecule has 1 aliphatic rings. The summed E-state index contributed by atoms with van der Waals surface area (Å²) in [6.07, 6.45) is 3.28. The van der Waals surface area contributed by atoms with Gasteiger partial charge in [0.05, 0.1) is 18.8 Å². The predicted molar refractivity (Wildman–Crippen MR) is 84.1 cm³/mol. The minimum absolute atomic E-state index is 0.0432. The molecule has 0 bridgehead atoms. The fraction of sp³-hybridized carbons (Fsp3) is 0.438. The average molecular weight is 332 g/mol. The Hall–Kier alpha value is -2.61. The van der Waals surface area contributed by atoms with E-state index in [1.165, 1.54) is 7.11 Å². The van der Waals surface area contributed by atoms with Crippen LogP contribution in [0.1, 0.15) is 35.0 Å². The smallest absolute Gasteiger partial charge is 0.271 e. The molecule has 0 spiro atoms. The lowest BCUT2D eigenvalue weighted by Gasteiger charge is -2.33. The first-order valence-electron chi connectivity index (χ1n) is 7.76. The van der Waals surface area contributed by atoms with Crippen LogP contribution in [0.5, 0.6) is 0 Å². The average Bonchev–Trinajstić information content (AvgIpc) is 3.23. The first-order valence-corrected chi connectivity index (χ1v) is 7.76. The van der Waals surface area contributed by atoms with Crippen LogP contribution in [-0.4, -0.2) is 46.5 Å². The highest BCUT2D eigenvalue weighted by Crippen LogP contribution is 2.24. The predicted octanol–water partition coefficient (Wildman–Crippen LogP) is 0.956. The zero-order chi connectivity index (χ0) is 17.1. The van der Waals surface area contributed by atoms with E-state index in [-0.39, 0.29) is 24.5 Å². The molecule has 1 aliphatic heterocycles. The largest absolute Gasteiger partial charge is 0.467 e. The van der Waals surface area contributed by atoms with Gasteiger partial charge in [0.1, 0.15) is 23.9 Å². The number of carbonyl (C=O) groups is 2. The zero-order valence-electron chi connectivity index (χ0n) is 13.7. The van der Waals surface area contributed by atoms with Crippen LogP contribution in [0.2, 0.25) is 0 Å². The minimum atomic E-state index is -0.268. The molecule has 8 nitrogen and oxygen atoms in total. The number of amides is 2. The number of rotatable bonds is 5. The van der Waals surface area contributed by atoms with Crippen molar-refractivity contribution in [2.45, 2.75) is 26.1 Å². The van der Waals surface area contributed by atoms with Crippen LogP contribution in [0.4, 0.5) is 0 Å². The molecule has 0 radical (unpaired) electrons. The molecule has 1 atom stereocenters.